The lowest BCUT2D eigenvalue weighted by Crippen LogP contribution is -2.50. The Labute approximate surface area is 133 Å². The minimum Gasteiger partial charge on any atom is -0.494 e. The van der Waals surface area contributed by atoms with Gasteiger partial charge in [-0.15, -0.1) is 0 Å². The number of amides is 1. The monoisotopic (exact) mass is 325 g/mol. The third-order valence-electron chi connectivity index (χ3n) is 3.96. The quantitative estimate of drug-likeness (QED) is 0.773. The maximum absolute atomic E-state index is 12.7. The van der Waals surface area contributed by atoms with E-state index in [1.165, 1.54) is 24.3 Å². The van der Waals surface area contributed by atoms with Crippen LogP contribution >= 0.6 is 0 Å². The van der Waals surface area contributed by atoms with Crippen LogP contribution in [0, 0.1) is 5.82 Å². The van der Waals surface area contributed by atoms with E-state index in [0.29, 0.717) is 18.8 Å². The van der Waals surface area contributed by atoms with Gasteiger partial charge in [-0.05, 0) is 30.7 Å². The highest BCUT2D eigenvalue weighted by molar-refractivity contribution is 5.79. The minimum absolute atomic E-state index is 0.0418. The molecule has 2 N–H and O–H groups in total. The maximum atomic E-state index is 12.7. The number of aliphatic hydroxyl groups is 1. The topological polar surface area (TPSA) is 87.1 Å². The number of carboxylic acids is 1. The number of hydrogen-bond acceptors (Lipinski definition) is 4. The first-order chi connectivity index (χ1) is 10.9. The lowest BCUT2D eigenvalue weighted by atomic mass is 9.91. The second-order valence-electron chi connectivity index (χ2n) is 5.62. The molecule has 6 nitrogen and oxygen atoms in total. The lowest BCUT2D eigenvalue weighted by molar-refractivity contribution is -0.165. The summed E-state index contributed by atoms with van der Waals surface area (Å²) < 4.78 is 18.1. The first-order valence-electron chi connectivity index (χ1n) is 7.53. The van der Waals surface area contributed by atoms with Crippen LogP contribution in [0.15, 0.2) is 24.3 Å². The van der Waals surface area contributed by atoms with Crippen LogP contribution in [-0.2, 0) is 9.59 Å². The highest BCUT2D eigenvalue weighted by Gasteiger charge is 2.40. The Morgan fingerprint density at radius 2 is 1.83 bits per heavy atom. The van der Waals surface area contributed by atoms with E-state index in [1.54, 1.807) is 4.90 Å². The third-order valence-corrected chi connectivity index (χ3v) is 3.96. The van der Waals surface area contributed by atoms with E-state index in [9.17, 15) is 19.1 Å². The van der Waals surface area contributed by atoms with E-state index in [1.807, 2.05) is 0 Å². The van der Waals surface area contributed by atoms with Gasteiger partial charge in [-0.1, -0.05) is 0 Å². The molecule has 0 spiro atoms. The van der Waals surface area contributed by atoms with Crippen molar-refractivity contribution in [2.75, 3.05) is 19.7 Å². The van der Waals surface area contributed by atoms with Gasteiger partial charge in [0, 0.05) is 32.4 Å². The molecule has 0 atom stereocenters. The van der Waals surface area contributed by atoms with Gasteiger partial charge in [0.15, 0.2) is 5.60 Å². The molecule has 1 aliphatic rings. The number of likely N-dealkylation sites (tertiary alicyclic amines) is 1. The third kappa shape index (κ3) is 4.66. The summed E-state index contributed by atoms with van der Waals surface area (Å²) >= 11 is 0. The summed E-state index contributed by atoms with van der Waals surface area (Å²) in [6, 6.07) is 5.65. The second kappa shape index (κ2) is 7.41. The van der Waals surface area contributed by atoms with E-state index < -0.39 is 11.6 Å². The number of carbonyl (C=O) groups is 2. The summed E-state index contributed by atoms with van der Waals surface area (Å²) in [6.45, 7) is 0.811. The van der Waals surface area contributed by atoms with E-state index in [4.69, 9.17) is 9.84 Å². The first kappa shape index (κ1) is 17.2. The van der Waals surface area contributed by atoms with Gasteiger partial charge >= 0.3 is 5.97 Å². The van der Waals surface area contributed by atoms with Gasteiger partial charge in [0.25, 0.3) is 0 Å². The Morgan fingerprint density at radius 3 is 2.39 bits per heavy atom. The molecule has 2 rings (SSSR count). The number of aliphatic carboxylic acids is 1. The zero-order valence-corrected chi connectivity index (χ0v) is 12.7. The molecule has 126 valence electrons. The fourth-order valence-electron chi connectivity index (χ4n) is 2.44. The first-order valence-corrected chi connectivity index (χ1v) is 7.53. The van der Waals surface area contributed by atoms with E-state index in [0.717, 1.165) is 0 Å². The normalized spacial score (nSPS) is 16.9. The molecule has 1 aromatic carbocycles. The number of carbonyl (C=O) groups excluding carboxylic acids is 1. The van der Waals surface area contributed by atoms with Crippen LogP contribution < -0.4 is 4.74 Å². The Balaban J connectivity index is 1.68. The zero-order valence-electron chi connectivity index (χ0n) is 12.7. The van der Waals surface area contributed by atoms with Crippen molar-refractivity contribution in [3.05, 3.63) is 30.1 Å². The van der Waals surface area contributed by atoms with Crippen molar-refractivity contribution in [1.29, 1.82) is 0 Å². The van der Waals surface area contributed by atoms with Gasteiger partial charge in [0.2, 0.25) is 5.91 Å². The van der Waals surface area contributed by atoms with Gasteiger partial charge in [-0.25, -0.2) is 9.18 Å². The minimum atomic E-state index is -1.72. The molecule has 1 aliphatic heterocycles. The molecule has 1 amide bonds. The lowest BCUT2D eigenvalue weighted by Gasteiger charge is -2.35. The van der Waals surface area contributed by atoms with Crippen molar-refractivity contribution in [2.24, 2.45) is 0 Å². The average Bonchev–Trinajstić information content (AvgIpc) is 2.53. The molecule has 7 heteroatoms. The van der Waals surface area contributed by atoms with Crippen LogP contribution in [0.4, 0.5) is 4.39 Å². The van der Waals surface area contributed by atoms with Crippen LogP contribution in [0.3, 0.4) is 0 Å². The van der Waals surface area contributed by atoms with Gasteiger partial charge in [0.05, 0.1) is 6.61 Å². The van der Waals surface area contributed by atoms with Crippen LogP contribution in [0.2, 0.25) is 0 Å². The molecule has 0 radical (unpaired) electrons. The molecule has 0 aromatic heterocycles. The van der Waals surface area contributed by atoms with Crippen LogP contribution in [0.1, 0.15) is 25.7 Å². The molecule has 1 aromatic rings. The summed E-state index contributed by atoms with van der Waals surface area (Å²) in [5, 5.41) is 18.8. The Bertz CT molecular complexity index is 552. The SMILES string of the molecule is O=C(CCCOc1ccc(F)cc1)N1CCC(O)(C(=O)O)CC1. The van der Waals surface area contributed by atoms with Crippen molar-refractivity contribution in [1.82, 2.24) is 4.90 Å². The van der Waals surface area contributed by atoms with Crippen molar-refractivity contribution in [2.45, 2.75) is 31.3 Å². The fraction of sp³-hybridized carbons (Fsp3) is 0.500. The molecular formula is C16H20FNO5. The van der Waals surface area contributed by atoms with E-state index in [-0.39, 0.29) is 44.1 Å². The van der Waals surface area contributed by atoms with Crippen molar-refractivity contribution in [3.63, 3.8) is 0 Å². The maximum Gasteiger partial charge on any atom is 0.335 e. The molecule has 23 heavy (non-hydrogen) atoms. The second-order valence-corrected chi connectivity index (χ2v) is 5.62. The smallest absolute Gasteiger partial charge is 0.335 e. The zero-order chi connectivity index (χ0) is 16.9. The number of benzene rings is 1. The van der Waals surface area contributed by atoms with Gasteiger partial charge in [0.1, 0.15) is 11.6 Å². The largest absolute Gasteiger partial charge is 0.494 e. The van der Waals surface area contributed by atoms with Gasteiger partial charge in [-0.3, -0.25) is 4.79 Å². The summed E-state index contributed by atoms with van der Waals surface area (Å²) in [7, 11) is 0. The molecular weight excluding hydrogens is 305 g/mol. The average molecular weight is 325 g/mol. The number of ether oxygens (including phenoxy) is 1. The fourth-order valence-corrected chi connectivity index (χ4v) is 2.44. The predicted molar refractivity (Wildman–Crippen MR) is 79.5 cm³/mol. The van der Waals surface area contributed by atoms with E-state index in [2.05, 4.69) is 0 Å². The van der Waals surface area contributed by atoms with Crippen LogP contribution in [0.25, 0.3) is 0 Å². The van der Waals surface area contributed by atoms with Crippen LogP contribution in [0.5, 0.6) is 5.75 Å². The number of nitrogens with zero attached hydrogens (tertiary/aromatic N) is 1. The Kier molecular flexibility index (Phi) is 5.54. The van der Waals surface area contributed by atoms with Crippen molar-refractivity contribution in [3.8, 4) is 5.75 Å². The summed E-state index contributed by atoms with van der Waals surface area (Å²) in [5.74, 6) is -1.11. The number of piperidine rings is 1. The molecule has 1 fully saturated rings. The molecule has 1 heterocycles. The Hall–Kier alpha value is -2.15. The highest BCUT2D eigenvalue weighted by atomic mass is 19.1. The number of rotatable bonds is 6. The molecule has 0 bridgehead atoms. The Morgan fingerprint density at radius 1 is 1.22 bits per heavy atom. The molecule has 0 aliphatic carbocycles. The van der Waals surface area contributed by atoms with Crippen molar-refractivity contribution >= 4 is 11.9 Å². The number of carboxylic acid groups (broad SMARTS) is 1. The van der Waals surface area contributed by atoms with Gasteiger partial charge < -0.3 is 19.8 Å². The molecule has 1 saturated heterocycles. The molecule has 0 saturated carbocycles. The number of halogens is 1. The summed E-state index contributed by atoms with van der Waals surface area (Å²) in [6.07, 6.45) is 0.878. The summed E-state index contributed by atoms with van der Waals surface area (Å²) in [4.78, 5) is 24.5. The van der Waals surface area contributed by atoms with Crippen molar-refractivity contribution < 1.29 is 28.9 Å². The summed E-state index contributed by atoms with van der Waals surface area (Å²) in [5.41, 5.74) is -1.72. The molecule has 0 unspecified atom stereocenters. The van der Waals surface area contributed by atoms with Crippen LogP contribution in [-0.4, -0.2) is 52.3 Å². The predicted octanol–water partition coefficient (Wildman–Crippen LogP) is 1.42. The van der Waals surface area contributed by atoms with E-state index >= 15 is 0 Å². The van der Waals surface area contributed by atoms with Gasteiger partial charge in [-0.2, -0.15) is 0 Å². The highest BCUT2D eigenvalue weighted by Crippen LogP contribution is 2.23. The standard InChI is InChI=1S/C16H20FNO5/c17-12-3-5-13(6-4-12)23-11-1-2-14(19)18-9-7-16(22,8-10-18)15(20)21/h3-6,22H,1-2,7-11H2,(H,20,21). The number of hydrogen-bond donors (Lipinski definition) is 2.